The van der Waals surface area contributed by atoms with Crippen molar-refractivity contribution >= 4 is 17.5 Å². The van der Waals surface area contributed by atoms with Crippen LogP contribution in [0.5, 0.6) is 5.88 Å². The zero-order valence-corrected chi connectivity index (χ0v) is 20.3. The molecule has 0 aliphatic rings. The van der Waals surface area contributed by atoms with E-state index in [-0.39, 0.29) is 24.1 Å². The van der Waals surface area contributed by atoms with Crippen molar-refractivity contribution in [1.82, 2.24) is 9.97 Å². The van der Waals surface area contributed by atoms with Crippen molar-refractivity contribution in [1.29, 1.82) is 5.26 Å². The van der Waals surface area contributed by atoms with Crippen LogP contribution in [0.25, 0.3) is 0 Å². The average molecular weight is 517 g/mol. The van der Waals surface area contributed by atoms with Gasteiger partial charge in [0.15, 0.2) is 5.60 Å². The summed E-state index contributed by atoms with van der Waals surface area (Å²) < 4.78 is 44.4. The van der Waals surface area contributed by atoms with Gasteiger partial charge in [0.2, 0.25) is 5.88 Å². The number of halogens is 4. The molecule has 6 nitrogen and oxygen atoms in total. The van der Waals surface area contributed by atoms with Gasteiger partial charge in [0.05, 0.1) is 11.1 Å². The van der Waals surface area contributed by atoms with E-state index in [0.29, 0.717) is 23.2 Å². The topological polar surface area (TPSA) is 102 Å². The number of hydrogen-bond acceptors (Lipinski definition) is 5. The molecule has 2 aromatic heterocycles. The minimum atomic E-state index is -4.55. The molecule has 188 valence electrons. The Kier molecular flexibility index (Phi) is 8.21. The van der Waals surface area contributed by atoms with E-state index in [2.05, 4.69) is 16.0 Å². The fourth-order valence-corrected chi connectivity index (χ4v) is 4.16. The van der Waals surface area contributed by atoms with Crippen molar-refractivity contribution in [2.45, 2.75) is 44.4 Å². The smallest absolute Gasteiger partial charge is 0.417 e. The highest BCUT2D eigenvalue weighted by atomic mass is 35.5. The van der Waals surface area contributed by atoms with Crippen LogP contribution in [0.3, 0.4) is 0 Å². The molecule has 0 spiro atoms. The first-order chi connectivity index (χ1) is 16.9. The van der Waals surface area contributed by atoms with Gasteiger partial charge in [0.1, 0.15) is 6.07 Å². The van der Waals surface area contributed by atoms with Gasteiger partial charge in [-0.25, -0.2) is 4.98 Å². The van der Waals surface area contributed by atoms with Crippen molar-refractivity contribution in [3.8, 4) is 11.9 Å². The number of primary amides is 1. The summed E-state index contributed by atoms with van der Waals surface area (Å²) >= 11 is 6.02. The maximum atomic E-state index is 12.9. The molecule has 0 saturated carbocycles. The van der Waals surface area contributed by atoms with Gasteiger partial charge in [-0.05, 0) is 67.0 Å². The predicted molar refractivity (Wildman–Crippen MR) is 128 cm³/mol. The third-order valence-electron chi connectivity index (χ3n) is 6.00. The van der Waals surface area contributed by atoms with Crippen LogP contribution >= 0.6 is 11.6 Å². The summed E-state index contributed by atoms with van der Waals surface area (Å²) in [7, 11) is 0. The molecule has 0 bridgehead atoms. The molecule has 0 radical (unpaired) electrons. The van der Waals surface area contributed by atoms with Crippen LogP contribution in [0.15, 0.2) is 61.1 Å². The van der Waals surface area contributed by atoms with E-state index < -0.39 is 23.2 Å². The molecule has 0 aliphatic heterocycles. The van der Waals surface area contributed by atoms with E-state index in [0.717, 1.165) is 23.3 Å². The summed E-state index contributed by atoms with van der Waals surface area (Å²) in [5.74, 6) is -1.37. The molecule has 0 saturated heterocycles. The van der Waals surface area contributed by atoms with Gasteiger partial charge in [-0.15, -0.1) is 0 Å². The summed E-state index contributed by atoms with van der Waals surface area (Å²) in [5.41, 5.74) is 5.34. The minimum absolute atomic E-state index is 0.125. The minimum Gasteiger partial charge on any atom is -0.461 e. The zero-order chi connectivity index (χ0) is 26.5. The van der Waals surface area contributed by atoms with Crippen LogP contribution < -0.4 is 10.5 Å². The largest absolute Gasteiger partial charge is 0.461 e. The lowest BCUT2D eigenvalue weighted by atomic mass is 9.77. The number of rotatable bonds is 9. The standard InChI is InChI=1S/C26H24ClF3N4O2/c1-16(11-25(2,24(32)35)36-23-8-5-20(15-34-23)26(28,29)30)22(10-17-3-6-21(27)7-4-17)19-9-18(12-31)13-33-14-19/h3-9,13-16,22H,10-11H2,1-2H3,(H2,32,35). The SMILES string of the molecule is CC(CC(C)(Oc1ccc(C(F)(F)F)cn1)C(N)=O)C(Cc1ccc(Cl)cc1)c1cncc(C#N)c1. The second kappa shape index (κ2) is 11.0. The van der Waals surface area contributed by atoms with Crippen LogP contribution in [-0.2, 0) is 17.4 Å². The molecule has 1 aromatic carbocycles. The number of aromatic nitrogens is 2. The second-order valence-corrected chi connectivity index (χ2v) is 9.25. The third-order valence-corrected chi connectivity index (χ3v) is 6.25. The highest BCUT2D eigenvalue weighted by Crippen LogP contribution is 2.36. The van der Waals surface area contributed by atoms with Gasteiger partial charge in [0, 0.05) is 29.7 Å². The van der Waals surface area contributed by atoms with Crippen LogP contribution in [0.4, 0.5) is 13.2 Å². The maximum Gasteiger partial charge on any atom is 0.417 e. The number of nitrogens with zero attached hydrogens (tertiary/aromatic N) is 3. The molecule has 2 heterocycles. The number of nitrogens with two attached hydrogens (primary N) is 1. The molecule has 2 N–H and O–H groups in total. The summed E-state index contributed by atoms with van der Waals surface area (Å²) in [6.07, 6.45) is -0.114. The van der Waals surface area contributed by atoms with E-state index in [1.54, 1.807) is 24.4 Å². The number of amides is 1. The fraction of sp³-hybridized carbons (Fsp3) is 0.308. The van der Waals surface area contributed by atoms with E-state index in [1.165, 1.54) is 13.1 Å². The quantitative estimate of drug-likeness (QED) is 0.393. The average Bonchev–Trinajstić information content (AvgIpc) is 2.83. The Labute approximate surface area is 211 Å². The van der Waals surface area contributed by atoms with E-state index in [1.807, 2.05) is 19.1 Å². The number of pyridine rings is 2. The van der Waals surface area contributed by atoms with Crippen molar-refractivity contribution < 1.29 is 22.7 Å². The summed E-state index contributed by atoms with van der Waals surface area (Å²) in [4.78, 5) is 20.3. The monoisotopic (exact) mass is 516 g/mol. The first-order valence-corrected chi connectivity index (χ1v) is 11.4. The zero-order valence-electron chi connectivity index (χ0n) is 19.6. The summed E-state index contributed by atoms with van der Waals surface area (Å²) in [6, 6.07) is 13.0. The van der Waals surface area contributed by atoms with Crippen molar-refractivity contribution in [2.75, 3.05) is 0 Å². The normalized spacial score (nSPS) is 14.8. The van der Waals surface area contributed by atoms with Crippen LogP contribution in [0.1, 0.15) is 48.4 Å². The Morgan fingerprint density at radius 3 is 2.42 bits per heavy atom. The first kappa shape index (κ1) is 27.0. The maximum absolute atomic E-state index is 12.9. The van der Waals surface area contributed by atoms with Gasteiger partial charge in [-0.3, -0.25) is 9.78 Å². The molecular formula is C26H24ClF3N4O2. The number of hydrogen-bond donors (Lipinski definition) is 1. The number of alkyl halides is 3. The third kappa shape index (κ3) is 6.73. The Morgan fingerprint density at radius 1 is 1.17 bits per heavy atom. The molecule has 0 fully saturated rings. The highest BCUT2D eigenvalue weighted by molar-refractivity contribution is 6.30. The van der Waals surface area contributed by atoms with Crippen molar-refractivity contribution in [2.24, 2.45) is 11.7 Å². The molecule has 1 amide bonds. The van der Waals surface area contributed by atoms with Gasteiger partial charge in [-0.1, -0.05) is 30.7 Å². The van der Waals surface area contributed by atoms with Crippen LogP contribution in [0.2, 0.25) is 5.02 Å². The number of benzene rings is 1. The van der Waals surface area contributed by atoms with Crippen molar-refractivity contribution in [3.05, 3.63) is 88.3 Å². The van der Waals surface area contributed by atoms with Gasteiger partial charge in [0.25, 0.3) is 5.91 Å². The summed E-state index contributed by atoms with van der Waals surface area (Å²) in [6.45, 7) is 3.39. The molecule has 3 rings (SSSR count). The number of carbonyl (C=O) groups excluding carboxylic acids is 1. The van der Waals surface area contributed by atoms with E-state index >= 15 is 0 Å². The van der Waals surface area contributed by atoms with E-state index in [9.17, 15) is 23.2 Å². The van der Waals surface area contributed by atoms with Crippen LogP contribution in [0, 0.1) is 17.2 Å². The highest BCUT2D eigenvalue weighted by Gasteiger charge is 2.39. The lowest BCUT2D eigenvalue weighted by molar-refractivity contribution is -0.138. The lowest BCUT2D eigenvalue weighted by Crippen LogP contribution is -2.48. The summed E-state index contributed by atoms with van der Waals surface area (Å²) in [5, 5.41) is 9.93. The van der Waals surface area contributed by atoms with Gasteiger partial charge >= 0.3 is 6.18 Å². The molecule has 0 aliphatic carbocycles. The predicted octanol–water partition coefficient (Wildman–Crippen LogP) is 5.70. The number of ether oxygens (including phenoxy) is 1. The Hall–Kier alpha value is -3.64. The van der Waals surface area contributed by atoms with Crippen molar-refractivity contribution in [3.63, 3.8) is 0 Å². The molecule has 10 heteroatoms. The Morgan fingerprint density at radius 2 is 1.86 bits per heavy atom. The Balaban J connectivity index is 1.90. The number of carbonyl (C=O) groups is 1. The molecule has 3 atom stereocenters. The fourth-order valence-electron chi connectivity index (χ4n) is 4.03. The Bertz CT molecular complexity index is 1240. The van der Waals surface area contributed by atoms with E-state index in [4.69, 9.17) is 22.1 Å². The second-order valence-electron chi connectivity index (χ2n) is 8.82. The van der Waals surface area contributed by atoms with Crippen LogP contribution in [-0.4, -0.2) is 21.5 Å². The lowest BCUT2D eigenvalue weighted by Gasteiger charge is -2.33. The molecule has 36 heavy (non-hydrogen) atoms. The molecular weight excluding hydrogens is 493 g/mol. The van der Waals surface area contributed by atoms with Gasteiger partial charge < -0.3 is 10.5 Å². The number of nitriles is 1. The molecule has 3 unspecified atom stereocenters. The molecule has 3 aromatic rings. The van der Waals surface area contributed by atoms with Gasteiger partial charge in [-0.2, -0.15) is 18.4 Å². The first-order valence-electron chi connectivity index (χ1n) is 11.0.